The van der Waals surface area contributed by atoms with Crippen LogP contribution >= 0.6 is 0 Å². The normalized spacial score (nSPS) is 18.1. The molecule has 1 unspecified atom stereocenters. The third-order valence-electron chi connectivity index (χ3n) is 7.76. The predicted octanol–water partition coefficient (Wildman–Crippen LogP) is 6.62. The van der Waals surface area contributed by atoms with Crippen molar-refractivity contribution in [2.75, 3.05) is 6.54 Å². The van der Waals surface area contributed by atoms with E-state index in [0.29, 0.717) is 5.82 Å². The molecule has 0 spiro atoms. The van der Waals surface area contributed by atoms with E-state index in [1.807, 2.05) is 24.3 Å². The van der Waals surface area contributed by atoms with Gasteiger partial charge in [-0.25, -0.2) is 4.79 Å². The van der Waals surface area contributed by atoms with Gasteiger partial charge in [0.15, 0.2) is 5.82 Å². The molecule has 1 aromatic heterocycles. The summed E-state index contributed by atoms with van der Waals surface area (Å²) in [5.74, 6) is 0.689. The summed E-state index contributed by atoms with van der Waals surface area (Å²) in [5, 5.41) is 3.89. The average Bonchev–Trinajstić information content (AvgIpc) is 3.36. The Balaban J connectivity index is 0.00000336. The van der Waals surface area contributed by atoms with Gasteiger partial charge in [0, 0.05) is 81.8 Å². The van der Waals surface area contributed by atoms with Crippen LogP contribution in [0.15, 0.2) is 74.6 Å². The van der Waals surface area contributed by atoms with E-state index in [1.165, 1.54) is 61.8 Å². The Bertz CT molecular complexity index is 1300. The van der Waals surface area contributed by atoms with E-state index < -0.39 is 5.76 Å². The summed E-state index contributed by atoms with van der Waals surface area (Å²) in [6.07, 6.45) is 13.8. The second-order valence-corrected chi connectivity index (χ2v) is 10.5. The molecule has 0 saturated heterocycles. The van der Waals surface area contributed by atoms with E-state index >= 15 is 0 Å². The number of aromatic amines is 1. The third-order valence-corrected chi connectivity index (χ3v) is 7.76. The summed E-state index contributed by atoms with van der Waals surface area (Å²) in [7, 11) is 0. The molecule has 38 heavy (non-hydrogen) atoms. The van der Waals surface area contributed by atoms with E-state index in [9.17, 15) is 4.79 Å². The van der Waals surface area contributed by atoms with E-state index in [0.717, 1.165) is 42.0 Å². The summed E-state index contributed by atoms with van der Waals surface area (Å²) >= 11 is 0. The van der Waals surface area contributed by atoms with Crippen LogP contribution in [0.2, 0.25) is 0 Å². The van der Waals surface area contributed by atoms with Gasteiger partial charge >= 0.3 is 5.76 Å². The second kappa shape index (κ2) is 14.0. The minimum atomic E-state index is -0.548. The largest absolute Gasteiger partial charge is 0.439 e. The number of allylic oxidation sites excluding steroid dienone is 1. The molecule has 0 amide bonds. The Morgan fingerprint density at radius 2 is 1.76 bits per heavy atom. The van der Waals surface area contributed by atoms with Crippen molar-refractivity contribution in [3.05, 3.63) is 76.4 Å². The van der Waals surface area contributed by atoms with E-state index in [1.54, 1.807) is 0 Å². The quantitative estimate of drug-likeness (QED) is 0.312. The summed E-state index contributed by atoms with van der Waals surface area (Å²) < 4.78 is 4.73. The Hall–Kier alpha value is -1.77. The number of aromatic nitrogens is 2. The van der Waals surface area contributed by atoms with Gasteiger partial charge < -0.3 is 4.90 Å². The molecule has 2 aliphatic rings. The Labute approximate surface area is 268 Å². The number of hydrogen-bond donors (Lipinski definition) is 1. The Kier molecular flexibility index (Phi) is 10.8. The van der Waals surface area contributed by atoms with Crippen molar-refractivity contribution in [1.82, 2.24) is 15.0 Å². The predicted molar refractivity (Wildman–Crippen MR) is 155 cm³/mol. The molecule has 0 bridgehead atoms. The molecule has 3 aromatic rings. The number of rotatable bonds is 9. The van der Waals surface area contributed by atoms with Gasteiger partial charge in [-0.15, -0.1) is 0 Å². The van der Waals surface area contributed by atoms with E-state index in [-0.39, 0.29) is 57.6 Å². The topological polar surface area (TPSA) is 74.5 Å². The van der Waals surface area contributed by atoms with Crippen molar-refractivity contribution in [3.8, 4) is 22.5 Å². The van der Waals surface area contributed by atoms with Gasteiger partial charge in [0.25, 0.3) is 0 Å². The van der Waals surface area contributed by atoms with Gasteiger partial charge in [-0.3, -0.25) is 14.5 Å². The van der Waals surface area contributed by atoms with Gasteiger partial charge in [0.05, 0.1) is 0 Å². The molecule has 2 aromatic carbocycles. The first-order valence-corrected chi connectivity index (χ1v) is 13.9. The molecule has 2 heterocycles. The molecule has 1 aliphatic carbocycles. The molecular weight excluding hydrogens is 499 g/mol. The summed E-state index contributed by atoms with van der Waals surface area (Å²) in [4.78, 5) is 21.8. The first-order valence-electron chi connectivity index (χ1n) is 13.9. The Morgan fingerprint density at radius 1 is 1.03 bits per heavy atom. The molecule has 6 nitrogen and oxygen atoms in total. The van der Waals surface area contributed by atoms with Crippen molar-refractivity contribution in [1.29, 1.82) is 0 Å². The monoisotopic (exact) mass is 537 g/mol. The van der Waals surface area contributed by atoms with Crippen molar-refractivity contribution in [3.63, 3.8) is 0 Å². The number of hydrogen-bond acceptors (Lipinski definition) is 5. The van der Waals surface area contributed by atoms with Crippen LogP contribution in [0, 0.1) is 5.92 Å². The molecule has 5 rings (SSSR count). The fourth-order valence-electron chi connectivity index (χ4n) is 5.66. The first kappa shape index (κ1) is 29.2. The summed E-state index contributed by atoms with van der Waals surface area (Å²) in [6.45, 7) is 5.61. The zero-order valence-electron chi connectivity index (χ0n) is 23.1. The molecule has 195 valence electrons. The molecule has 1 atom stereocenters. The van der Waals surface area contributed by atoms with Crippen molar-refractivity contribution in [2.45, 2.75) is 77.8 Å². The van der Waals surface area contributed by atoms with Crippen LogP contribution in [0.5, 0.6) is 0 Å². The van der Waals surface area contributed by atoms with Crippen LogP contribution in [-0.2, 0) is 6.42 Å². The third kappa shape index (κ3) is 7.24. The fourth-order valence-corrected chi connectivity index (χ4v) is 5.66. The van der Waals surface area contributed by atoms with Crippen molar-refractivity contribution < 1.29 is 4.52 Å². The zero-order valence-corrected chi connectivity index (χ0v) is 26.2. The molecule has 1 fully saturated rings. The second-order valence-electron chi connectivity index (χ2n) is 10.5. The SMILES string of the molecule is CCCCC1=NC(C)N(CC2CCCCC2)C=C1Cc1ccc(-c2ccccc2-c2noc(=O)[nH]2)cc1.[K]. The number of benzene rings is 2. The number of H-pyrrole nitrogens is 1. The number of unbranched alkanes of at least 4 members (excludes halogenated alkanes) is 1. The van der Waals surface area contributed by atoms with Crippen LogP contribution in [-0.4, -0.2) is 84.8 Å². The summed E-state index contributed by atoms with van der Waals surface area (Å²) in [6, 6.07) is 16.6. The Morgan fingerprint density at radius 3 is 2.45 bits per heavy atom. The fraction of sp³-hybridized carbons (Fsp3) is 0.452. The number of nitrogens with one attached hydrogen (secondary N) is 1. The van der Waals surface area contributed by atoms with Gasteiger partial charge in [0.2, 0.25) is 0 Å². The molecule has 1 saturated carbocycles. The smallest absolute Gasteiger partial charge is 0.356 e. The van der Waals surface area contributed by atoms with Gasteiger partial charge in [-0.2, -0.15) is 0 Å². The van der Waals surface area contributed by atoms with Crippen LogP contribution in [0.25, 0.3) is 22.5 Å². The molecule has 7 heteroatoms. The van der Waals surface area contributed by atoms with Crippen LogP contribution < -0.4 is 5.76 Å². The van der Waals surface area contributed by atoms with Crippen LogP contribution in [0.4, 0.5) is 0 Å². The summed E-state index contributed by atoms with van der Waals surface area (Å²) in [5.41, 5.74) is 6.84. The number of aliphatic imine (C=N–C) groups is 1. The minimum absolute atomic E-state index is 0. The average molecular weight is 538 g/mol. The van der Waals surface area contributed by atoms with Gasteiger partial charge in [-0.05, 0) is 60.8 Å². The van der Waals surface area contributed by atoms with Crippen molar-refractivity contribution in [2.24, 2.45) is 10.9 Å². The standard InChI is InChI=1S/C31H38N4O2.K/c1-3-4-14-29-26(21-35(22(2)32-29)20-24-10-6-5-7-11-24)19-23-15-17-25(18-16-23)27-12-8-9-13-28(27)30-33-31(36)37-34-30;/h8-9,12-13,15-18,21-22,24H,3-7,10-11,14,19-20H2,1-2H3,(H,33,34,36);. The molecule has 1 radical (unpaired) electrons. The minimum Gasteiger partial charge on any atom is -0.356 e. The van der Waals surface area contributed by atoms with Crippen molar-refractivity contribution >= 4 is 57.1 Å². The van der Waals surface area contributed by atoms with Gasteiger partial charge in [-0.1, -0.05) is 86.3 Å². The van der Waals surface area contributed by atoms with E-state index in [2.05, 4.69) is 59.4 Å². The van der Waals surface area contributed by atoms with Gasteiger partial charge in [0.1, 0.15) is 6.17 Å². The number of nitrogens with zero attached hydrogens (tertiary/aromatic N) is 3. The maximum Gasteiger partial charge on any atom is 0.439 e. The van der Waals surface area contributed by atoms with Crippen LogP contribution in [0.3, 0.4) is 0 Å². The molecular formula is C31H38KN4O2. The molecule has 1 N–H and O–H groups in total. The van der Waals surface area contributed by atoms with Crippen LogP contribution in [0.1, 0.15) is 70.8 Å². The maximum absolute atomic E-state index is 11.5. The maximum atomic E-state index is 11.5. The molecule has 1 aliphatic heterocycles. The first-order chi connectivity index (χ1) is 18.1. The van der Waals surface area contributed by atoms with E-state index in [4.69, 9.17) is 9.52 Å². The zero-order chi connectivity index (χ0) is 25.6.